The lowest BCUT2D eigenvalue weighted by Gasteiger charge is -2.35. The van der Waals surface area contributed by atoms with Crippen LogP contribution in [0.15, 0.2) is 60.7 Å². The van der Waals surface area contributed by atoms with E-state index in [0.29, 0.717) is 41.4 Å². The van der Waals surface area contributed by atoms with Crippen LogP contribution in [-0.4, -0.2) is 102 Å². The van der Waals surface area contributed by atoms with Crippen LogP contribution in [0.3, 0.4) is 0 Å². The molecule has 2 saturated heterocycles. The first-order valence-electron chi connectivity index (χ1n) is 20.3. The molecule has 9 nitrogen and oxygen atoms in total. The van der Waals surface area contributed by atoms with Crippen molar-refractivity contribution in [2.24, 2.45) is 23.7 Å². The topological polar surface area (TPSA) is 100 Å². The first-order chi connectivity index (χ1) is 26.2. The van der Waals surface area contributed by atoms with Gasteiger partial charge in [0.1, 0.15) is 18.1 Å². The molecule has 306 valence electrons. The van der Waals surface area contributed by atoms with Gasteiger partial charge in [0.25, 0.3) is 11.8 Å². The number of benzene rings is 3. The highest BCUT2D eigenvalue weighted by Gasteiger charge is 2.25. The van der Waals surface area contributed by atoms with Crippen molar-refractivity contribution < 1.29 is 19.4 Å². The van der Waals surface area contributed by atoms with Crippen LogP contribution in [0.1, 0.15) is 98.4 Å². The lowest BCUT2D eigenvalue weighted by Crippen LogP contribution is -2.49. The number of nitriles is 1. The van der Waals surface area contributed by atoms with Crippen molar-refractivity contribution >= 4 is 24.2 Å². The van der Waals surface area contributed by atoms with Crippen molar-refractivity contribution in [2.45, 2.75) is 74.8 Å². The summed E-state index contributed by atoms with van der Waals surface area (Å²) >= 11 is 0. The minimum absolute atomic E-state index is 0. The van der Waals surface area contributed by atoms with Gasteiger partial charge in [-0.25, -0.2) is 0 Å². The second-order valence-corrected chi connectivity index (χ2v) is 16.9. The number of hydrogen-bond donors (Lipinski definition) is 1. The molecule has 0 radical (unpaired) electrons. The zero-order valence-corrected chi connectivity index (χ0v) is 35.9. The molecule has 2 fully saturated rings. The molecule has 5 rings (SSSR count). The number of phenols is 1. The Balaban J connectivity index is 0.000000311. The molecule has 2 amide bonds. The molecule has 0 unspecified atom stereocenters. The second kappa shape index (κ2) is 22.6. The van der Waals surface area contributed by atoms with Gasteiger partial charge in [-0.05, 0) is 102 Å². The average molecular weight is 789 g/mol. The molecule has 2 aliphatic heterocycles. The predicted octanol–water partition coefficient (Wildman–Crippen LogP) is 8.18. The molecular weight excluding hydrogens is 722 g/mol. The molecule has 2 aliphatic rings. The SMILES string of the molecule is CC(C)Cc1cc(C(=O)N2CCN(CC(C)C)CC2)ccc1O.CC(C)Cc1cc(C(=O)N2CCN(CC(C)C)CC2)ccc1OCc1ccc(C#N)cc1.Cl. The van der Waals surface area contributed by atoms with Crippen LogP contribution < -0.4 is 4.74 Å². The van der Waals surface area contributed by atoms with Gasteiger partial charge in [-0.2, -0.15) is 5.26 Å². The summed E-state index contributed by atoms with van der Waals surface area (Å²) in [6.45, 7) is 27.0. The molecule has 2 heterocycles. The van der Waals surface area contributed by atoms with Gasteiger partial charge in [0.05, 0.1) is 11.6 Å². The summed E-state index contributed by atoms with van der Waals surface area (Å²) in [7, 11) is 0. The van der Waals surface area contributed by atoms with Crippen LogP contribution in [-0.2, 0) is 19.4 Å². The van der Waals surface area contributed by atoms with E-state index in [9.17, 15) is 14.7 Å². The van der Waals surface area contributed by atoms with E-state index in [1.54, 1.807) is 24.3 Å². The minimum Gasteiger partial charge on any atom is -0.508 e. The maximum absolute atomic E-state index is 13.2. The Bertz CT molecular complexity index is 1720. The van der Waals surface area contributed by atoms with Crippen LogP contribution >= 0.6 is 12.4 Å². The van der Waals surface area contributed by atoms with Gasteiger partial charge in [0.15, 0.2) is 0 Å². The summed E-state index contributed by atoms with van der Waals surface area (Å²) < 4.78 is 6.11. The lowest BCUT2D eigenvalue weighted by molar-refractivity contribution is 0.0617. The maximum Gasteiger partial charge on any atom is 0.253 e. The summed E-state index contributed by atoms with van der Waals surface area (Å²) in [5.74, 6) is 3.51. The van der Waals surface area contributed by atoms with Crippen molar-refractivity contribution in [3.63, 3.8) is 0 Å². The Morgan fingerprint density at radius 1 is 0.643 bits per heavy atom. The molecule has 10 heteroatoms. The molecule has 56 heavy (non-hydrogen) atoms. The smallest absolute Gasteiger partial charge is 0.253 e. The number of ether oxygens (including phenoxy) is 1. The monoisotopic (exact) mass is 787 g/mol. The highest BCUT2D eigenvalue weighted by molar-refractivity contribution is 5.95. The number of carbonyl (C=O) groups is 2. The first-order valence-corrected chi connectivity index (χ1v) is 20.3. The molecule has 0 bridgehead atoms. The molecule has 0 saturated carbocycles. The van der Waals surface area contributed by atoms with Crippen LogP contribution in [0.4, 0.5) is 0 Å². The average Bonchev–Trinajstić information content (AvgIpc) is 3.15. The molecule has 0 aliphatic carbocycles. The Morgan fingerprint density at radius 3 is 1.54 bits per heavy atom. The van der Waals surface area contributed by atoms with Crippen LogP contribution in [0.2, 0.25) is 0 Å². The van der Waals surface area contributed by atoms with Gasteiger partial charge in [-0.3, -0.25) is 19.4 Å². The Labute approximate surface area is 343 Å². The van der Waals surface area contributed by atoms with Gasteiger partial charge in [-0.1, -0.05) is 67.5 Å². The standard InChI is InChI=1S/C27H35N3O2.C19H30N2O2.ClH/c1-20(2)15-25-16-24(27(31)30-13-11-29(12-14-30)18-21(3)4)9-10-26(25)32-19-23-7-5-22(17-28)6-8-23;1-14(2)11-17-12-16(5-6-18(17)22)19(23)21-9-7-20(8-10-21)13-15(3)4;/h5-10,16,20-21H,11-15,18-19H2,1-4H3;5-6,12,14-15,22H,7-11,13H2,1-4H3;1H. The van der Waals surface area contributed by atoms with E-state index >= 15 is 0 Å². The van der Waals surface area contributed by atoms with Crippen LogP contribution in [0.5, 0.6) is 11.5 Å². The molecule has 0 atom stereocenters. The number of carbonyl (C=O) groups excluding carboxylic acids is 2. The van der Waals surface area contributed by atoms with Crippen molar-refractivity contribution in [1.82, 2.24) is 19.6 Å². The van der Waals surface area contributed by atoms with Crippen molar-refractivity contribution in [3.05, 3.63) is 94.0 Å². The number of nitrogens with zero attached hydrogens (tertiary/aromatic N) is 5. The highest BCUT2D eigenvalue weighted by Crippen LogP contribution is 2.26. The largest absolute Gasteiger partial charge is 0.508 e. The van der Waals surface area contributed by atoms with Crippen molar-refractivity contribution in [1.29, 1.82) is 5.26 Å². The fraction of sp³-hybridized carbons (Fsp3) is 0.543. The van der Waals surface area contributed by atoms with Crippen molar-refractivity contribution in [3.8, 4) is 17.6 Å². The van der Waals surface area contributed by atoms with E-state index in [1.165, 1.54) is 0 Å². The molecule has 3 aromatic carbocycles. The molecule has 0 aromatic heterocycles. The van der Waals surface area contributed by atoms with E-state index < -0.39 is 0 Å². The fourth-order valence-corrected chi connectivity index (χ4v) is 7.28. The zero-order chi connectivity index (χ0) is 40.1. The van der Waals surface area contributed by atoms with Gasteiger partial charge in [0, 0.05) is 76.6 Å². The molecule has 0 spiro atoms. The second-order valence-electron chi connectivity index (χ2n) is 16.9. The number of aromatic hydroxyl groups is 1. The molecular formula is C46H66ClN5O4. The Morgan fingerprint density at radius 2 is 1.09 bits per heavy atom. The number of rotatable bonds is 13. The van der Waals surface area contributed by atoms with Gasteiger partial charge < -0.3 is 19.6 Å². The maximum atomic E-state index is 13.2. The van der Waals surface area contributed by atoms with E-state index in [0.717, 1.165) is 106 Å². The summed E-state index contributed by atoms with van der Waals surface area (Å²) in [4.78, 5) is 34.6. The third-order valence-electron chi connectivity index (χ3n) is 9.93. The summed E-state index contributed by atoms with van der Waals surface area (Å²) in [5.41, 5.74) is 5.02. The number of piperazine rings is 2. The lowest BCUT2D eigenvalue weighted by atomic mass is 9.99. The van der Waals surface area contributed by atoms with E-state index in [4.69, 9.17) is 10.00 Å². The predicted molar refractivity (Wildman–Crippen MR) is 229 cm³/mol. The molecule has 3 aromatic rings. The third kappa shape index (κ3) is 14.4. The zero-order valence-electron chi connectivity index (χ0n) is 35.1. The summed E-state index contributed by atoms with van der Waals surface area (Å²) in [5, 5.41) is 18.9. The first kappa shape index (κ1) is 46.3. The number of halogens is 1. The van der Waals surface area contributed by atoms with E-state index in [2.05, 4.69) is 71.3 Å². The Hall–Kier alpha value is -4.10. The molecule has 1 N–H and O–H groups in total. The highest BCUT2D eigenvalue weighted by atomic mass is 35.5. The van der Waals surface area contributed by atoms with Crippen LogP contribution in [0, 0.1) is 35.0 Å². The number of amides is 2. The Kier molecular flexibility index (Phi) is 18.7. The quantitative estimate of drug-likeness (QED) is 0.187. The van der Waals surface area contributed by atoms with Crippen LogP contribution in [0.25, 0.3) is 0 Å². The van der Waals surface area contributed by atoms with Gasteiger partial charge >= 0.3 is 0 Å². The normalized spacial score (nSPS) is 15.1. The summed E-state index contributed by atoms with van der Waals surface area (Å²) in [6, 6.07) is 20.7. The van der Waals surface area contributed by atoms with E-state index in [1.807, 2.05) is 46.2 Å². The number of hydrogen-bond acceptors (Lipinski definition) is 7. The number of phenolic OH excluding ortho intramolecular Hbond substituents is 1. The fourth-order valence-electron chi connectivity index (χ4n) is 7.28. The van der Waals surface area contributed by atoms with Crippen molar-refractivity contribution in [2.75, 3.05) is 65.4 Å². The van der Waals surface area contributed by atoms with Gasteiger partial charge in [-0.15, -0.1) is 12.4 Å². The minimum atomic E-state index is 0. The third-order valence-corrected chi connectivity index (χ3v) is 9.93. The summed E-state index contributed by atoms with van der Waals surface area (Å²) in [6.07, 6.45) is 1.64. The van der Waals surface area contributed by atoms with E-state index in [-0.39, 0.29) is 30.0 Å². The van der Waals surface area contributed by atoms with Gasteiger partial charge in [0.2, 0.25) is 0 Å².